The molecule has 0 saturated carbocycles. The van der Waals surface area contributed by atoms with E-state index in [2.05, 4.69) is 20.6 Å². The summed E-state index contributed by atoms with van der Waals surface area (Å²) in [7, 11) is 0. The molecule has 6 heteroatoms. The van der Waals surface area contributed by atoms with Crippen molar-refractivity contribution in [2.24, 2.45) is 0 Å². The highest BCUT2D eigenvalue weighted by Gasteiger charge is 2.08. The van der Waals surface area contributed by atoms with E-state index in [9.17, 15) is 0 Å². The van der Waals surface area contributed by atoms with Crippen LogP contribution < -0.4 is 0 Å². The molecule has 78 valence electrons. The number of benzene rings is 1. The standard InChI is InChI=1S/C10H6ClN5/c11-8-6-9-12-14-15-16(9)13-10(8)7-4-2-1-3-5-7/h1-6H. The number of hydrogen-bond donors (Lipinski definition) is 0. The smallest absolute Gasteiger partial charge is 0.145 e. The summed E-state index contributed by atoms with van der Waals surface area (Å²) in [6.45, 7) is 0. The lowest BCUT2D eigenvalue weighted by molar-refractivity contribution is 0.736. The van der Waals surface area contributed by atoms with Crippen LogP contribution in [0.15, 0.2) is 36.4 Å². The number of rotatable bonds is 1. The van der Waals surface area contributed by atoms with Crippen molar-refractivity contribution in [1.29, 1.82) is 0 Å². The fraction of sp³-hybridized carbons (Fsp3) is 0. The van der Waals surface area contributed by atoms with E-state index in [0.717, 1.165) is 5.56 Å². The lowest BCUT2D eigenvalue weighted by Gasteiger charge is -2.02. The summed E-state index contributed by atoms with van der Waals surface area (Å²) in [5.74, 6) is 0. The minimum atomic E-state index is 0.532. The average molecular weight is 232 g/mol. The van der Waals surface area contributed by atoms with Crippen molar-refractivity contribution in [2.75, 3.05) is 0 Å². The van der Waals surface area contributed by atoms with Crippen molar-refractivity contribution in [3.63, 3.8) is 0 Å². The largest absolute Gasteiger partial charge is 0.201 e. The highest BCUT2D eigenvalue weighted by molar-refractivity contribution is 6.33. The summed E-state index contributed by atoms with van der Waals surface area (Å²) in [6, 6.07) is 11.4. The molecule has 0 spiro atoms. The Morgan fingerprint density at radius 3 is 2.75 bits per heavy atom. The molecule has 0 aliphatic rings. The first-order valence-electron chi connectivity index (χ1n) is 4.65. The van der Waals surface area contributed by atoms with Gasteiger partial charge in [0.15, 0.2) is 0 Å². The highest BCUT2D eigenvalue weighted by atomic mass is 35.5. The summed E-state index contributed by atoms with van der Waals surface area (Å²) in [6.07, 6.45) is 0. The maximum atomic E-state index is 6.12. The summed E-state index contributed by atoms with van der Waals surface area (Å²) < 4.78 is 1.36. The summed E-state index contributed by atoms with van der Waals surface area (Å²) in [5, 5.41) is 15.8. The SMILES string of the molecule is Clc1cc2nnnn2nc1-c1ccccc1. The molecule has 16 heavy (non-hydrogen) atoms. The molecule has 0 N–H and O–H groups in total. The zero-order valence-corrected chi connectivity index (χ0v) is 8.83. The number of halogens is 1. The van der Waals surface area contributed by atoms with Crippen LogP contribution >= 0.6 is 11.6 Å². The Labute approximate surface area is 95.7 Å². The molecule has 5 nitrogen and oxygen atoms in total. The Kier molecular flexibility index (Phi) is 2.04. The fourth-order valence-electron chi connectivity index (χ4n) is 1.46. The van der Waals surface area contributed by atoms with Crippen LogP contribution in [0.2, 0.25) is 5.02 Å². The second-order valence-corrected chi connectivity index (χ2v) is 3.64. The zero-order chi connectivity index (χ0) is 11.0. The van der Waals surface area contributed by atoms with E-state index in [1.54, 1.807) is 6.07 Å². The van der Waals surface area contributed by atoms with E-state index in [0.29, 0.717) is 16.4 Å². The minimum absolute atomic E-state index is 0.532. The van der Waals surface area contributed by atoms with Gasteiger partial charge in [-0.15, -0.1) is 14.8 Å². The molecule has 0 aliphatic carbocycles. The maximum absolute atomic E-state index is 6.12. The monoisotopic (exact) mass is 231 g/mol. The molecule has 0 aliphatic heterocycles. The molecule has 0 unspecified atom stereocenters. The van der Waals surface area contributed by atoms with Crippen LogP contribution in [-0.2, 0) is 0 Å². The predicted molar refractivity (Wildman–Crippen MR) is 59.0 cm³/mol. The van der Waals surface area contributed by atoms with Crippen LogP contribution in [0.3, 0.4) is 0 Å². The van der Waals surface area contributed by atoms with E-state index in [1.165, 1.54) is 4.63 Å². The van der Waals surface area contributed by atoms with Crippen molar-refractivity contribution in [1.82, 2.24) is 25.3 Å². The molecule has 0 saturated heterocycles. The van der Waals surface area contributed by atoms with Crippen molar-refractivity contribution in [3.8, 4) is 11.3 Å². The second kappa shape index (κ2) is 3.53. The first-order valence-corrected chi connectivity index (χ1v) is 5.03. The molecule has 0 bridgehead atoms. The van der Waals surface area contributed by atoms with Crippen molar-refractivity contribution in [2.45, 2.75) is 0 Å². The van der Waals surface area contributed by atoms with Crippen molar-refractivity contribution in [3.05, 3.63) is 41.4 Å². The first kappa shape index (κ1) is 9.23. The van der Waals surface area contributed by atoms with Crippen LogP contribution in [0.1, 0.15) is 0 Å². The van der Waals surface area contributed by atoms with Gasteiger partial charge in [0.2, 0.25) is 5.65 Å². The Morgan fingerprint density at radius 1 is 1.12 bits per heavy atom. The van der Waals surface area contributed by atoms with Gasteiger partial charge in [0.25, 0.3) is 0 Å². The lowest BCUT2D eigenvalue weighted by atomic mass is 10.1. The van der Waals surface area contributed by atoms with Gasteiger partial charge in [-0.2, -0.15) is 0 Å². The molecule has 3 rings (SSSR count). The summed E-state index contributed by atoms with van der Waals surface area (Å²) in [5.41, 5.74) is 2.14. The molecule has 0 amide bonds. The second-order valence-electron chi connectivity index (χ2n) is 3.23. The summed E-state index contributed by atoms with van der Waals surface area (Å²) in [4.78, 5) is 0. The number of nitrogens with zero attached hydrogens (tertiary/aromatic N) is 5. The van der Waals surface area contributed by atoms with Gasteiger partial charge in [0.05, 0.1) is 5.02 Å². The van der Waals surface area contributed by atoms with E-state index in [-0.39, 0.29) is 0 Å². The molecule has 2 heterocycles. The highest BCUT2D eigenvalue weighted by Crippen LogP contribution is 2.25. The molecular formula is C10H6ClN5. The van der Waals surface area contributed by atoms with Crippen LogP contribution in [-0.4, -0.2) is 25.3 Å². The zero-order valence-electron chi connectivity index (χ0n) is 8.08. The number of tetrazole rings is 1. The van der Waals surface area contributed by atoms with E-state index in [1.807, 2.05) is 30.3 Å². The Bertz CT molecular complexity index is 634. The van der Waals surface area contributed by atoms with Gasteiger partial charge >= 0.3 is 0 Å². The van der Waals surface area contributed by atoms with Crippen LogP contribution in [0.25, 0.3) is 16.9 Å². The van der Waals surface area contributed by atoms with Gasteiger partial charge in [-0.05, 0) is 10.4 Å². The topological polar surface area (TPSA) is 56.0 Å². The molecule has 0 fully saturated rings. The van der Waals surface area contributed by atoms with Gasteiger partial charge in [-0.3, -0.25) is 0 Å². The third-order valence-electron chi connectivity index (χ3n) is 2.20. The fourth-order valence-corrected chi connectivity index (χ4v) is 1.71. The van der Waals surface area contributed by atoms with Gasteiger partial charge < -0.3 is 0 Å². The molecule has 0 radical (unpaired) electrons. The first-order chi connectivity index (χ1) is 7.84. The Morgan fingerprint density at radius 2 is 1.94 bits per heavy atom. The van der Waals surface area contributed by atoms with Crippen LogP contribution in [0, 0.1) is 0 Å². The van der Waals surface area contributed by atoms with E-state index in [4.69, 9.17) is 11.6 Å². The summed E-state index contributed by atoms with van der Waals surface area (Å²) >= 11 is 6.12. The Hall–Kier alpha value is -2.01. The van der Waals surface area contributed by atoms with Gasteiger partial charge in [0.1, 0.15) is 5.69 Å². The number of hydrogen-bond acceptors (Lipinski definition) is 4. The molecule has 0 atom stereocenters. The third kappa shape index (κ3) is 1.42. The minimum Gasteiger partial charge on any atom is -0.145 e. The Balaban J connectivity index is 2.27. The number of aromatic nitrogens is 5. The van der Waals surface area contributed by atoms with Gasteiger partial charge in [-0.25, -0.2) is 0 Å². The van der Waals surface area contributed by atoms with Crippen molar-refractivity contribution < 1.29 is 0 Å². The quantitative estimate of drug-likeness (QED) is 0.641. The molecule has 1 aromatic carbocycles. The molecule has 3 aromatic rings. The third-order valence-corrected chi connectivity index (χ3v) is 2.49. The maximum Gasteiger partial charge on any atom is 0.201 e. The molecule has 2 aromatic heterocycles. The van der Waals surface area contributed by atoms with E-state index < -0.39 is 0 Å². The van der Waals surface area contributed by atoms with Crippen molar-refractivity contribution >= 4 is 17.2 Å². The normalized spacial score (nSPS) is 10.8. The number of fused-ring (bicyclic) bond motifs is 1. The predicted octanol–water partition coefficient (Wildman–Crippen LogP) is 1.84. The average Bonchev–Trinajstić information content (AvgIpc) is 2.76. The van der Waals surface area contributed by atoms with Gasteiger partial charge in [-0.1, -0.05) is 41.9 Å². The lowest BCUT2D eigenvalue weighted by Crippen LogP contribution is -1.97. The molecular weight excluding hydrogens is 226 g/mol. The van der Waals surface area contributed by atoms with Crippen LogP contribution in [0.4, 0.5) is 0 Å². The van der Waals surface area contributed by atoms with Crippen LogP contribution in [0.5, 0.6) is 0 Å². The van der Waals surface area contributed by atoms with Gasteiger partial charge in [0, 0.05) is 11.6 Å². The van der Waals surface area contributed by atoms with E-state index >= 15 is 0 Å².